The Labute approximate surface area is 162 Å². The molecule has 0 aliphatic carbocycles. The number of phosphoric ester groups is 1. The zero-order valence-corrected chi connectivity index (χ0v) is 17.3. The van der Waals surface area contributed by atoms with E-state index in [0.717, 1.165) is 30.0 Å². The van der Waals surface area contributed by atoms with Gasteiger partial charge in [0.2, 0.25) is 0 Å². The topological polar surface area (TPSA) is 54.0 Å². The van der Waals surface area contributed by atoms with Crippen LogP contribution in [0, 0.1) is 0 Å². The van der Waals surface area contributed by atoms with E-state index in [4.69, 9.17) is 18.3 Å². The number of rotatable bonds is 14. The SMILES string of the molecule is CCCCCCCOP(=O)(OCCOCC)Oc1cccc2ccccc12. The highest BCUT2D eigenvalue weighted by atomic mass is 31.2. The van der Waals surface area contributed by atoms with E-state index in [2.05, 4.69) is 6.92 Å². The summed E-state index contributed by atoms with van der Waals surface area (Å²) in [6.45, 7) is 5.51. The number of phosphoric acid groups is 1. The molecule has 0 N–H and O–H groups in total. The molecule has 150 valence electrons. The van der Waals surface area contributed by atoms with E-state index in [9.17, 15) is 4.57 Å². The molecule has 2 rings (SSSR count). The third-order valence-electron chi connectivity index (χ3n) is 4.14. The zero-order chi connectivity index (χ0) is 19.4. The summed E-state index contributed by atoms with van der Waals surface area (Å²) in [5.41, 5.74) is 0. The summed E-state index contributed by atoms with van der Waals surface area (Å²) in [4.78, 5) is 0. The summed E-state index contributed by atoms with van der Waals surface area (Å²) >= 11 is 0. The van der Waals surface area contributed by atoms with Gasteiger partial charge in [0.1, 0.15) is 5.75 Å². The molecular weight excluding hydrogens is 363 g/mol. The highest BCUT2D eigenvalue weighted by molar-refractivity contribution is 7.48. The molecule has 1 atom stereocenters. The highest BCUT2D eigenvalue weighted by Crippen LogP contribution is 2.50. The molecule has 0 aliphatic rings. The average Bonchev–Trinajstić information content (AvgIpc) is 2.68. The minimum atomic E-state index is -3.72. The van der Waals surface area contributed by atoms with E-state index in [1.807, 2.05) is 43.3 Å². The molecule has 0 fully saturated rings. The molecule has 0 aromatic heterocycles. The van der Waals surface area contributed by atoms with Gasteiger partial charge in [0.15, 0.2) is 0 Å². The Bertz CT molecular complexity index is 713. The first-order chi connectivity index (χ1) is 13.2. The maximum absolute atomic E-state index is 13.2. The highest BCUT2D eigenvalue weighted by Gasteiger charge is 2.29. The molecular formula is C21H31O5P. The van der Waals surface area contributed by atoms with Gasteiger partial charge < -0.3 is 9.26 Å². The molecule has 0 spiro atoms. The molecule has 27 heavy (non-hydrogen) atoms. The summed E-state index contributed by atoms with van der Waals surface area (Å²) < 4.78 is 35.3. The van der Waals surface area contributed by atoms with Crippen LogP contribution in [0.25, 0.3) is 10.8 Å². The van der Waals surface area contributed by atoms with E-state index in [-0.39, 0.29) is 6.61 Å². The van der Waals surface area contributed by atoms with E-state index < -0.39 is 7.82 Å². The number of hydrogen-bond donors (Lipinski definition) is 0. The number of hydrogen-bond acceptors (Lipinski definition) is 5. The summed E-state index contributed by atoms with van der Waals surface area (Å²) in [5, 5.41) is 1.88. The van der Waals surface area contributed by atoms with Crippen molar-refractivity contribution < 1.29 is 22.9 Å². The van der Waals surface area contributed by atoms with Crippen LogP contribution in [0.5, 0.6) is 5.75 Å². The van der Waals surface area contributed by atoms with Crippen molar-refractivity contribution in [3.05, 3.63) is 42.5 Å². The standard InChI is InChI=1S/C21H31O5P/c1-3-5-6-7-10-16-24-27(22,25-18-17-23-4-2)26-21-15-11-13-19-12-8-9-14-20(19)21/h8-9,11-15H,3-7,10,16-18H2,1-2H3. The van der Waals surface area contributed by atoms with Crippen molar-refractivity contribution in [2.75, 3.05) is 26.4 Å². The maximum atomic E-state index is 13.2. The largest absolute Gasteiger partial charge is 0.530 e. The lowest BCUT2D eigenvalue weighted by Crippen LogP contribution is -2.09. The molecule has 0 amide bonds. The maximum Gasteiger partial charge on any atom is 0.530 e. The average molecular weight is 394 g/mol. The van der Waals surface area contributed by atoms with Crippen molar-refractivity contribution in [1.82, 2.24) is 0 Å². The number of benzene rings is 2. The van der Waals surface area contributed by atoms with Crippen molar-refractivity contribution in [1.29, 1.82) is 0 Å². The number of ether oxygens (including phenoxy) is 1. The quantitative estimate of drug-likeness (QED) is 0.275. The van der Waals surface area contributed by atoms with Gasteiger partial charge in [-0.1, -0.05) is 69.0 Å². The van der Waals surface area contributed by atoms with Crippen LogP contribution in [-0.2, 0) is 18.3 Å². The smallest absolute Gasteiger partial charge is 0.403 e. The minimum Gasteiger partial charge on any atom is -0.403 e. The van der Waals surface area contributed by atoms with Gasteiger partial charge in [-0.25, -0.2) is 4.57 Å². The van der Waals surface area contributed by atoms with Crippen LogP contribution in [0.1, 0.15) is 46.0 Å². The molecule has 0 saturated carbocycles. The predicted octanol–water partition coefficient (Wildman–Crippen LogP) is 6.37. The minimum absolute atomic E-state index is 0.158. The van der Waals surface area contributed by atoms with Gasteiger partial charge in [0, 0.05) is 12.0 Å². The van der Waals surface area contributed by atoms with Crippen molar-refractivity contribution >= 4 is 18.6 Å². The lowest BCUT2D eigenvalue weighted by Gasteiger charge is -2.19. The molecule has 0 radical (unpaired) electrons. The second-order valence-corrected chi connectivity index (χ2v) is 7.89. The van der Waals surface area contributed by atoms with Crippen molar-refractivity contribution in [3.8, 4) is 5.75 Å². The molecule has 0 heterocycles. The summed E-state index contributed by atoms with van der Waals surface area (Å²) in [5.74, 6) is 0.499. The van der Waals surface area contributed by atoms with E-state index in [1.165, 1.54) is 12.8 Å². The Morgan fingerprint density at radius 2 is 1.56 bits per heavy atom. The molecule has 1 unspecified atom stereocenters. The molecule has 0 saturated heterocycles. The first-order valence-electron chi connectivity index (χ1n) is 9.82. The van der Waals surface area contributed by atoms with Gasteiger partial charge in [0.05, 0.1) is 19.8 Å². The fourth-order valence-electron chi connectivity index (χ4n) is 2.72. The van der Waals surface area contributed by atoms with Crippen LogP contribution in [-0.4, -0.2) is 26.4 Å². The normalized spacial score (nSPS) is 13.6. The van der Waals surface area contributed by atoms with Gasteiger partial charge >= 0.3 is 7.82 Å². The fourth-order valence-corrected chi connectivity index (χ4v) is 3.95. The molecule has 2 aromatic carbocycles. The zero-order valence-electron chi connectivity index (χ0n) is 16.4. The summed E-state index contributed by atoms with van der Waals surface area (Å²) in [6.07, 6.45) is 5.41. The van der Waals surface area contributed by atoms with Crippen LogP contribution >= 0.6 is 7.82 Å². The predicted molar refractivity (Wildman–Crippen MR) is 109 cm³/mol. The van der Waals surface area contributed by atoms with Crippen LogP contribution < -0.4 is 4.52 Å². The van der Waals surface area contributed by atoms with Crippen LogP contribution in [0.15, 0.2) is 42.5 Å². The molecule has 5 nitrogen and oxygen atoms in total. The van der Waals surface area contributed by atoms with Crippen LogP contribution in [0.2, 0.25) is 0 Å². The Morgan fingerprint density at radius 3 is 2.37 bits per heavy atom. The second kappa shape index (κ2) is 12.1. The third-order valence-corrected chi connectivity index (χ3v) is 5.56. The third kappa shape index (κ3) is 7.63. The number of unbranched alkanes of at least 4 members (excludes halogenated alkanes) is 4. The van der Waals surface area contributed by atoms with Crippen molar-refractivity contribution in [2.24, 2.45) is 0 Å². The van der Waals surface area contributed by atoms with Gasteiger partial charge in [0.25, 0.3) is 0 Å². The lowest BCUT2D eigenvalue weighted by molar-refractivity contribution is 0.0847. The Balaban J connectivity index is 2.02. The van der Waals surface area contributed by atoms with E-state index in [0.29, 0.717) is 25.6 Å². The Hall–Kier alpha value is -1.39. The van der Waals surface area contributed by atoms with Crippen LogP contribution in [0.4, 0.5) is 0 Å². The summed E-state index contributed by atoms with van der Waals surface area (Å²) in [7, 11) is -3.72. The second-order valence-electron chi connectivity index (χ2n) is 6.29. The van der Waals surface area contributed by atoms with Gasteiger partial charge in [-0.2, -0.15) is 0 Å². The fraction of sp³-hybridized carbons (Fsp3) is 0.524. The molecule has 0 bridgehead atoms. The van der Waals surface area contributed by atoms with Crippen molar-refractivity contribution in [2.45, 2.75) is 46.0 Å². The molecule has 2 aromatic rings. The Morgan fingerprint density at radius 1 is 0.815 bits per heavy atom. The first-order valence-corrected chi connectivity index (χ1v) is 11.3. The van der Waals surface area contributed by atoms with Gasteiger partial charge in [-0.15, -0.1) is 0 Å². The monoisotopic (exact) mass is 394 g/mol. The molecule has 6 heteroatoms. The summed E-state index contributed by atoms with van der Waals surface area (Å²) in [6, 6.07) is 13.4. The van der Waals surface area contributed by atoms with Gasteiger partial charge in [-0.05, 0) is 24.8 Å². The van der Waals surface area contributed by atoms with Crippen LogP contribution in [0.3, 0.4) is 0 Å². The van der Waals surface area contributed by atoms with Gasteiger partial charge in [-0.3, -0.25) is 9.05 Å². The lowest BCUT2D eigenvalue weighted by atomic mass is 10.1. The van der Waals surface area contributed by atoms with E-state index in [1.54, 1.807) is 6.07 Å². The Kier molecular flexibility index (Phi) is 9.85. The first kappa shape index (κ1) is 21.9. The van der Waals surface area contributed by atoms with Crippen molar-refractivity contribution in [3.63, 3.8) is 0 Å². The number of fused-ring (bicyclic) bond motifs is 1. The molecule has 0 aliphatic heterocycles. The van der Waals surface area contributed by atoms with E-state index >= 15 is 0 Å².